The first-order valence-electron chi connectivity index (χ1n) is 8.33. The number of benzene rings is 2. The first kappa shape index (κ1) is 20.3. The molecule has 0 radical (unpaired) electrons. The van der Waals surface area contributed by atoms with Crippen LogP contribution in [0.15, 0.2) is 58.5 Å². The highest BCUT2D eigenvalue weighted by Crippen LogP contribution is 2.25. The summed E-state index contributed by atoms with van der Waals surface area (Å²) >= 11 is 0. The molecule has 0 bridgehead atoms. The van der Waals surface area contributed by atoms with Crippen LogP contribution in [0.25, 0.3) is 0 Å². The fourth-order valence-electron chi connectivity index (χ4n) is 1.93. The van der Waals surface area contributed by atoms with Gasteiger partial charge in [0.1, 0.15) is 23.0 Å². The van der Waals surface area contributed by atoms with E-state index in [1.807, 2.05) is 24.3 Å². The highest BCUT2D eigenvalue weighted by atomic mass is 16.5. The second-order valence-corrected chi connectivity index (χ2v) is 5.43. The van der Waals surface area contributed by atoms with Crippen LogP contribution in [0.3, 0.4) is 0 Å². The van der Waals surface area contributed by atoms with Crippen molar-refractivity contribution in [2.75, 3.05) is 21.3 Å². The molecule has 1 unspecified atom stereocenters. The van der Waals surface area contributed by atoms with Gasteiger partial charge in [-0.1, -0.05) is 0 Å². The number of methoxy groups -OCH3 is 3. The highest BCUT2D eigenvalue weighted by Gasteiger charge is 2.07. The Labute approximate surface area is 159 Å². The third-order valence-electron chi connectivity index (χ3n) is 3.51. The lowest BCUT2D eigenvalue weighted by atomic mass is 10.3. The van der Waals surface area contributed by atoms with Crippen LogP contribution in [0.2, 0.25) is 0 Å². The van der Waals surface area contributed by atoms with Gasteiger partial charge in [0.25, 0.3) is 0 Å². The van der Waals surface area contributed by atoms with Crippen molar-refractivity contribution in [2.45, 2.75) is 20.1 Å². The Bertz CT molecular complexity index is 770. The summed E-state index contributed by atoms with van der Waals surface area (Å²) in [6.45, 7) is 3.49. The Morgan fingerprint density at radius 1 is 0.815 bits per heavy atom. The van der Waals surface area contributed by atoms with Gasteiger partial charge in [0, 0.05) is 14.0 Å². The minimum atomic E-state index is -0.397. The molecule has 1 atom stereocenters. The fourth-order valence-corrected chi connectivity index (χ4v) is 1.93. The van der Waals surface area contributed by atoms with Crippen molar-refractivity contribution < 1.29 is 23.7 Å². The first-order chi connectivity index (χ1) is 13.0. The van der Waals surface area contributed by atoms with Crippen LogP contribution in [-0.4, -0.2) is 39.5 Å². The van der Waals surface area contributed by atoms with Gasteiger partial charge in [0.2, 0.25) is 0 Å². The number of aliphatic imine (C=N–C) groups is 2. The van der Waals surface area contributed by atoms with E-state index >= 15 is 0 Å². The zero-order valence-electron chi connectivity index (χ0n) is 16.1. The molecule has 0 heterocycles. The normalized spacial score (nSPS) is 13.1. The molecule has 2 rings (SSSR count). The van der Waals surface area contributed by atoms with E-state index < -0.39 is 6.23 Å². The Morgan fingerprint density at radius 2 is 1.33 bits per heavy atom. The summed E-state index contributed by atoms with van der Waals surface area (Å²) in [5.41, 5.74) is 0. The lowest BCUT2D eigenvalue weighted by molar-refractivity contribution is 0.124. The summed E-state index contributed by atoms with van der Waals surface area (Å²) in [7, 11) is 4.71. The Morgan fingerprint density at radius 3 is 1.81 bits per heavy atom. The van der Waals surface area contributed by atoms with E-state index in [1.165, 1.54) is 7.11 Å². The molecule has 0 fully saturated rings. The minimum Gasteiger partial charge on any atom is -0.497 e. The largest absolute Gasteiger partial charge is 0.497 e. The summed E-state index contributed by atoms with van der Waals surface area (Å²) in [5, 5.41) is 0. The molecule has 7 nitrogen and oxygen atoms in total. The smallest absolute Gasteiger partial charge is 0.322 e. The number of nitrogens with zero attached hydrogens (tertiary/aromatic N) is 2. The van der Waals surface area contributed by atoms with Gasteiger partial charge in [-0.3, -0.25) is 0 Å². The molecule has 0 aromatic heterocycles. The monoisotopic (exact) mass is 372 g/mol. The summed E-state index contributed by atoms with van der Waals surface area (Å²) in [4.78, 5) is 8.43. The molecule has 0 saturated carbocycles. The zero-order chi connectivity index (χ0) is 19.6. The van der Waals surface area contributed by atoms with Gasteiger partial charge in [-0.25, -0.2) is 4.99 Å². The van der Waals surface area contributed by atoms with Crippen molar-refractivity contribution >= 4 is 11.9 Å². The molecule has 0 spiro atoms. The quantitative estimate of drug-likeness (QED) is 0.559. The third kappa shape index (κ3) is 6.63. The highest BCUT2D eigenvalue weighted by molar-refractivity contribution is 5.90. The molecule has 144 valence electrons. The molecule has 0 N–H and O–H groups in total. The van der Waals surface area contributed by atoms with E-state index in [0.29, 0.717) is 23.1 Å². The molecule has 7 heteroatoms. The number of amidine groups is 1. The number of hydrogen-bond acceptors (Lipinski definition) is 6. The Balaban J connectivity index is 2.08. The van der Waals surface area contributed by atoms with E-state index in [-0.39, 0.29) is 6.02 Å². The molecule has 0 aliphatic rings. The van der Waals surface area contributed by atoms with Crippen LogP contribution in [0.4, 0.5) is 0 Å². The maximum absolute atomic E-state index is 5.79. The standard InChI is InChI=1S/C20H24N2O5/c1-14(23-3)21-20(22-15(2)24-4)27-19-12-10-18(11-13-19)26-17-8-6-16(25-5)7-9-17/h6-14H,1-5H3/b21-20+,22-15+. The average molecular weight is 372 g/mol. The predicted octanol–water partition coefficient (Wildman–Crippen LogP) is 4.28. The van der Waals surface area contributed by atoms with E-state index in [2.05, 4.69) is 9.98 Å². The zero-order valence-corrected chi connectivity index (χ0v) is 16.1. The van der Waals surface area contributed by atoms with Crippen LogP contribution < -0.4 is 14.2 Å². The molecule has 0 aliphatic heterocycles. The van der Waals surface area contributed by atoms with Crippen molar-refractivity contribution in [3.63, 3.8) is 0 Å². The van der Waals surface area contributed by atoms with E-state index in [9.17, 15) is 0 Å². The Kier molecular flexibility index (Phi) is 7.63. The SMILES string of the molecule is CO/C(C)=N/C(=N\C(C)OC)Oc1ccc(Oc2ccc(OC)cc2)cc1. The van der Waals surface area contributed by atoms with Crippen molar-refractivity contribution in [3.8, 4) is 23.0 Å². The van der Waals surface area contributed by atoms with Gasteiger partial charge in [-0.15, -0.1) is 0 Å². The summed E-state index contributed by atoms with van der Waals surface area (Å²) in [5.74, 6) is 3.15. The van der Waals surface area contributed by atoms with Gasteiger partial charge in [-0.2, -0.15) is 4.99 Å². The molecule has 2 aromatic rings. The van der Waals surface area contributed by atoms with Crippen LogP contribution in [0, 0.1) is 0 Å². The minimum absolute atomic E-state index is 0.146. The third-order valence-corrected chi connectivity index (χ3v) is 3.51. The van der Waals surface area contributed by atoms with Gasteiger partial charge in [-0.05, 0) is 55.5 Å². The maximum atomic E-state index is 5.79. The average Bonchev–Trinajstić information content (AvgIpc) is 2.69. The van der Waals surface area contributed by atoms with Gasteiger partial charge >= 0.3 is 6.02 Å². The number of rotatable bonds is 6. The fraction of sp³-hybridized carbons (Fsp3) is 0.300. The summed E-state index contributed by atoms with van der Waals surface area (Å²) < 4.78 is 26.8. The molecule has 2 aromatic carbocycles. The number of ether oxygens (including phenoxy) is 5. The van der Waals surface area contributed by atoms with Crippen LogP contribution in [0.5, 0.6) is 23.0 Å². The lowest BCUT2D eigenvalue weighted by Crippen LogP contribution is -2.14. The van der Waals surface area contributed by atoms with Gasteiger partial charge < -0.3 is 23.7 Å². The second kappa shape index (κ2) is 10.2. The summed E-state index contributed by atoms with van der Waals surface area (Å²) in [6.07, 6.45) is -0.397. The predicted molar refractivity (Wildman–Crippen MR) is 104 cm³/mol. The van der Waals surface area contributed by atoms with Gasteiger partial charge in [0.05, 0.1) is 14.2 Å². The molecule has 0 saturated heterocycles. The number of hydrogen-bond donors (Lipinski definition) is 0. The van der Waals surface area contributed by atoms with Crippen LogP contribution >= 0.6 is 0 Å². The molecule has 0 aliphatic carbocycles. The second-order valence-electron chi connectivity index (χ2n) is 5.43. The van der Waals surface area contributed by atoms with E-state index in [1.54, 1.807) is 52.3 Å². The van der Waals surface area contributed by atoms with Crippen molar-refractivity contribution in [3.05, 3.63) is 48.5 Å². The van der Waals surface area contributed by atoms with Crippen molar-refractivity contribution in [1.29, 1.82) is 0 Å². The van der Waals surface area contributed by atoms with Crippen molar-refractivity contribution in [2.24, 2.45) is 9.98 Å². The summed E-state index contributed by atoms with van der Waals surface area (Å²) in [6, 6.07) is 14.6. The molecular weight excluding hydrogens is 348 g/mol. The van der Waals surface area contributed by atoms with Crippen molar-refractivity contribution in [1.82, 2.24) is 0 Å². The maximum Gasteiger partial charge on any atom is 0.322 e. The molecule has 0 amide bonds. The van der Waals surface area contributed by atoms with Crippen LogP contribution in [-0.2, 0) is 9.47 Å². The van der Waals surface area contributed by atoms with Crippen LogP contribution in [0.1, 0.15) is 13.8 Å². The molecular formula is C20H24N2O5. The van der Waals surface area contributed by atoms with Gasteiger partial charge in [0.15, 0.2) is 12.1 Å². The molecule has 27 heavy (non-hydrogen) atoms. The topological polar surface area (TPSA) is 70.9 Å². The van der Waals surface area contributed by atoms with E-state index in [0.717, 1.165) is 5.75 Å². The first-order valence-corrected chi connectivity index (χ1v) is 8.33. The van der Waals surface area contributed by atoms with E-state index in [4.69, 9.17) is 23.7 Å². The lowest BCUT2D eigenvalue weighted by Gasteiger charge is -2.10. The Hall–Kier alpha value is -3.06.